The van der Waals surface area contributed by atoms with Gasteiger partial charge in [-0.1, -0.05) is 6.07 Å². The summed E-state index contributed by atoms with van der Waals surface area (Å²) in [6.07, 6.45) is 6.67. The first-order valence-corrected chi connectivity index (χ1v) is 7.65. The molecule has 0 aliphatic carbocycles. The molecule has 0 unspecified atom stereocenters. The highest BCUT2D eigenvalue weighted by molar-refractivity contribution is 5.98. The molecule has 1 aliphatic rings. The number of primary amides is 1. The van der Waals surface area contributed by atoms with Crippen molar-refractivity contribution < 1.29 is 9.72 Å². The van der Waals surface area contributed by atoms with Crippen LogP contribution in [0.2, 0.25) is 0 Å². The summed E-state index contributed by atoms with van der Waals surface area (Å²) in [7, 11) is 0. The van der Waals surface area contributed by atoms with Crippen molar-refractivity contribution in [1.29, 1.82) is 0 Å². The standard InChI is InChI=1S/C16H17N5O3/c17-15(22)14-7-13(21(23)24)9-19-16(14)20-6-2-4-12(10-20)11-3-1-5-18-8-11/h1,3,5,7-9,12H,2,4,6,10H2,(H2,17,22)/t12-/m0/s1. The molecule has 2 N–H and O–H groups in total. The molecule has 1 atom stereocenters. The first kappa shape index (κ1) is 15.9. The van der Waals surface area contributed by atoms with Crippen LogP contribution in [0.4, 0.5) is 11.5 Å². The van der Waals surface area contributed by atoms with Crippen LogP contribution in [0.5, 0.6) is 0 Å². The second kappa shape index (κ2) is 6.61. The fraction of sp³-hybridized carbons (Fsp3) is 0.312. The number of piperidine rings is 1. The van der Waals surface area contributed by atoms with Gasteiger partial charge in [-0.05, 0) is 24.5 Å². The number of amides is 1. The number of nitro groups is 1. The number of carbonyl (C=O) groups is 1. The van der Waals surface area contributed by atoms with Crippen molar-refractivity contribution in [2.75, 3.05) is 18.0 Å². The minimum atomic E-state index is -0.718. The van der Waals surface area contributed by atoms with Gasteiger partial charge >= 0.3 is 0 Å². The molecule has 0 aromatic carbocycles. The quantitative estimate of drug-likeness (QED) is 0.677. The average Bonchev–Trinajstić information content (AvgIpc) is 2.62. The molecule has 8 nitrogen and oxygen atoms in total. The van der Waals surface area contributed by atoms with Crippen LogP contribution in [0, 0.1) is 10.1 Å². The number of nitrogens with two attached hydrogens (primary N) is 1. The van der Waals surface area contributed by atoms with E-state index in [-0.39, 0.29) is 17.2 Å². The van der Waals surface area contributed by atoms with Gasteiger partial charge in [0.1, 0.15) is 12.0 Å². The molecule has 0 saturated carbocycles. The molecule has 124 valence electrons. The molecule has 0 bridgehead atoms. The number of nitrogens with zero attached hydrogens (tertiary/aromatic N) is 4. The molecule has 2 aromatic heterocycles. The van der Waals surface area contributed by atoms with Gasteiger partial charge in [0, 0.05) is 37.5 Å². The zero-order valence-electron chi connectivity index (χ0n) is 13.0. The number of rotatable bonds is 4. The van der Waals surface area contributed by atoms with Gasteiger partial charge in [-0.2, -0.15) is 0 Å². The number of pyridine rings is 2. The van der Waals surface area contributed by atoms with Crippen LogP contribution in [0.3, 0.4) is 0 Å². The average molecular weight is 327 g/mol. The van der Waals surface area contributed by atoms with Crippen LogP contribution in [0.25, 0.3) is 0 Å². The van der Waals surface area contributed by atoms with Crippen molar-refractivity contribution in [2.24, 2.45) is 5.73 Å². The Labute approximate surface area is 138 Å². The van der Waals surface area contributed by atoms with Crippen molar-refractivity contribution in [3.8, 4) is 0 Å². The summed E-state index contributed by atoms with van der Waals surface area (Å²) in [6.45, 7) is 1.39. The van der Waals surface area contributed by atoms with Gasteiger partial charge in [0.15, 0.2) is 0 Å². The van der Waals surface area contributed by atoms with Crippen LogP contribution >= 0.6 is 0 Å². The highest BCUT2D eigenvalue weighted by Crippen LogP contribution is 2.31. The first-order chi connectivity index (χ1) is 11.6. The summed E-state index contributed by atoms with van der Waals surface area (Å²) in [5.41, 5.74) is 6.36. The van der Waals surface area contributed by atoms with Crippen molar-refractivity contribution in [2.45, 2.75) is 18.8 Å². The molecule has 0 spiro atoms. The van der Waals surface area contributed by atoms with Crippen LogP contribution in [0.15, 0.2) is 36.8 Å². The molecule has 2 aromatic rings. The lowest BCUT2D eigenvalue weighted by Crippen LogP contribution is -2.36. The molecule has 1 aliphatic heterocycles. The third-order valence-corrected chi connectivity index (χ3v) is 4.21. The maximum absolute atomic E-state index is 11.7. The van der Waals surface area contributed by atoms with Crippen molar-refractivity contribution >= 4 is 17.4 Å². The number of hydrogen-bond acceptors (Lipinski definition) is 6. The summed E-state index contributed by atoms with van der Waals surface area (Å²) >= 11 is 0. The van der Waals surface area contributed by atoms with E-state index in [4.69, 9.17) is 5.73 Å². The monoisotopic (exact) mass is 327 g/mol. The Balaban J connectivity index is 1.90. The van der Waals surface area contributed by atoms with E-state index in [9.17, 15) is 14.9 Å². The third kappa shape index (κ3) is 3.17. The minimum absolute atomic E-state index is 0.0797. The maximum atomic E-state index is 11.7. The number of aromatic nitrogens is 2. The molecular weight excluding hydrogens is 310 g/mol. The Morgan fingerprint density at radius 1 is 1.42 bits per heavy atom. The van der Waals surface area contributed by atoms with Crippen LogP contribution < -0.4 is 10.6 Å². The van der Waals surface area contributed by atoms with Crippen LogP contribution in [-0.2, 0) is 0 Å². The summed E-state index contributed by atoms with van der Waals surface area (Å²) in [5, 5.41) is 10.9. The fourth-order valence-electron chi connectivity index (χ4n) is 3.04. The summed E-state index contributed by atoms with van der Waals surface area (Å²) in [4.78, 5) is 32.3. The highest BCUT2D eigenvalue weighted by Gasteiger charge is 2.26. The van der Waals surface area contributed by atoms with Gasteiger partial charge in [-0.25, -0.2) is 4.98 Å². The molecule has 1 fully saturated rings. The minimum Gasteiger partial charge on any atom is -0.365 e. The first-order valence-electron chi connectivity index (χ1n) is 7.65. The zero-order chi connectivity index (χ0) is 17.1. The zero-order valence-corrected chi connectivity index (χ0v) is 13.0. The van der Waals surface area contributed by atoms with Gasteiger partial charge < -0.3 is 10.6 Å². The van der Waals surface area contributed by atoms with E-state index in [1.165, 1.54) is 6.07 Å². The predicted molar refractivity (Wildman–Crippen MR) is 87.8 cm³/mol. The normalized spacial score (nSPS) is 17.5. The van der Waals surface area contributed by atoms with Gasteiger partial charge in [-0.15, -0.1) is 0 Å². The Hall–Kier alpha value is -3.03. The lowest BCUT2D eigenvalue weighted by molar-refractivity contribution is -0.385. The van der Waals surface area contributed by atoms with Gasteiger partial charge in [0.05, 0.1) is 10.5 Å². The molecule has 3 rings (SSSR count). The van der Waals surface area contributed by atoms with Gasteiger partial charge in [0.25, 0.3) is 11.6 Å². The predicted octanol–water partition coefficient (Wildman–Crippen LogP) is 1.87. The Bertz CT molecular complexity index is 766. The molecule has 1 amide bonds. The van der Waals surface area contributed by atoms with Gasteiger partial charge in [-0.3, -0.25) is 19.9 Å². The lowest BCUT2D eigenvalue weighted by atomic mass is 9.91. The summed E-state index contributed by atoms with van der Waals surface area (Å²) < 4.78 is 0. The molecule has 1 saturated heterocycles. The Morgan fingerprint density at radius 2 is 2.25 bits per heavy atom. The Kier molecular flexibility index (Phi) is 4.37. The van der Waals surface area contributed by atoms with Gasteiger partial charge in [0.2, 0.25) is 0 Å². The largest absolute Gasteiger partial charge is 0.365 e. The lowest BCUT2D eigenvalue weighted by Gasteiger charge is -2.34. The van der Waals surface area contributed by atoms with Crippen molar-refractivity contribution in [3.05, 3.63) is 58.0 Å². The van der Waals surface area contributed by atoms with E-state index in [1.807, 2.05) is 23.2 Å². The SMILES string of the molecule is NC(=O)c1cc([N+](=O)[O-])cnc1N1CCC[C@H](c2cccnc2)C1. The van der Waals surface area contributed by atoms with Crippen molar-refractivity contribution in [1.82, 2.24) is 9.97 Å². The second-order valence-electron chi connectivity index (χ2n) is 5.76. The number of carbonyl (C=O) groups excluding carboxylic acids is 1. The van der Waals surface area contributed by atoms with E-state index in [0.29, 0.717) is 12.4 Å². The fourth-order valence-corrected chi connectivity index (χ4v) is 3.04. The second-order valence-corrected chi connectivity index (χ2v) is 5.76. The van der Waals surface area contributed by atoms with E-state index in [1.54, 1.807) is 6.20 Å². The number of hydrogen-bond donors (Lipinski definition) is 1. The van der Waals surface area contributed by atoms with Crippen molar-refractivity contribution in [3.63, 3.8) is 0 Å². The van der Waals surface area contributed by atoms with E-state index >= 15 is 0 Å². The highest BCUT2D eigenvalue weighted by atomic mass is 16.6. The maximum Gasteiger partial charge on any atom is 0.288 e. The molecule has 8 heteroatoms. The van der Waals surface area contributed by atoms with E-state index in [2.05, 4.69) is 9.97 Å². The smallest absolute Gasteiger partial charge is 0.288 e. The Morgan fingerprint density at radius 3 is 2.92 bits per heavy atom. The molecule has 0 radical (unpaired) electrons. The molecule has 24 heavy (non-hydrogen) atoms. The topological polar surface area (TPSA) is 115 Å². The summed E-state index contributed by atoms with van der Waals surface area (Å²) in [6, 6.07) is 5.12. The number of anilines is 1. The third-order valence-electron chi connectivity index (χ3n) is 4.21. The molecular formula is C16H17N5O3. The van der Waals surface area contributed by atoms with Crippen LogP contribution in [0.1, 0.15) is 34.7 Å². The van der Waals surface area contributed by atoms with E-state index < -0.39 is 10.8 Å². The molecule has 3 heterocycles. The summed E-state index contributed by atoms with van der Waals surface area (Å²) in [5.74, 6) is -0.0449. The van der Waals surface area contributed by atoms with E-state index in [0.717, 1.165) is 31.1 Å². The van der Waals surface area contributed by atoms with Crippen LogP contribution in [-0.4, -0.2) is 33.9 Å².